The molecule has 2 aromatic carbocycles. The molecule has 1 aliphatic heterocycles. The van der Waals surface area contributed by atoms with Crippen LogP contribution in [0, 0.1) is 13.8 Å². The molecule has 0 fully saturated rings. The minimum Gasteiger partial charge on any atom is -0.485 e. The highest BCUT2D eigenvalue weighted by Gasteiger charge is 2.24. The SMILES string of the molecule is Cc1cc2c(cc1Oc1ncc(C(=O)O)s1)CCC(c1ccccc1C)O2. The molecule has 1 N–H and O–H groups in total. The van der Waals surface area contributed by atoms with E-state index in [-0.39, 0.29) is 11.0 Å². The number of benzene rings is 2. The van der Waals surface area contributed by atoms with E-state index < -0.39 is 5.97 Å². The molecular weight excluding hydrogens is 362 g/mol. The van der Waals surface area contributed by atoms with Gasteiger partial charge in [-0.3, -0.25) is 0 Å². The molecular formula is C21H19NO4S. The van der Waals surface area contributed by atoms with Gasteiger partial charge in [0.1, 0.15) is 22.5 Å². The minimum absolute atomic E-state index is 0.0574. The van der Waals surface area contributed by atoms with Gasteiger partial charge in [0, 0.05) is 0 Å². The van der Waals surface area contributed by atoms with Crippen molar-refractivity contribution in [2.75, 3.05) is 0 Å². The molecule has 0 saturated heterocycles. The van der Waals surface area contributed by atoms with Crippen molar-refractivity contribution in [3.8, 4) is 16.7 Å². The van der Waals surface area contributed by atoms with E-state index in [1.807, 2.05) is 31.2 Å². The Bertz CT molecular complexity index is 1010. The maximum atomic E-state index is 11.0. The summed E-state index contributed by atoms with van der Waals surface area (Å²) in [5, 5.41) is 9.34. The summed E-state index contributed by atoms with van der Waals surface area (Å²) in [5.41, 5.74) is 4.48. The Labute approximate surface area is 161 Å². The number of carbonyl (C=O) groups is 1. The molecule has 138 valence electrons. The molecule has 0 saturated carbocycles. The standard InChI is InChI=1S/C21H19NO4S/c1-12-5-3-4-6-15(12)16-8-7-14-10-17(13(2)9-18(14)25-16)26-21-22-11-19(27-21)20(23)24/h3-6,9-11,16H,7-8H2,1-2H3,(H,23,24). The average Bonchev–Trinajstić information content (AvgIpc) is 3.11. The highest BCUT2D eigenvalue weighted by molar-refractivity contribution is 7.15. The number of nitrogens with zero attached hydrogens (tertiary/aromatic N) is 1. The zero-order valence-electron chi connectivity index (χ0n) is 15.1. The van der Waals surface area contributed by atoms with Crippen molar-refractivity contribution in [3.63, 3.8) is 0 Å². The van der Waals surface area contributed by atoms with Crippen molar-refractivity contribution < 1.29 is 19.4 Å². The molecule has 0 spiro atoms. The van der Waals surface area contributed by atoms with Crippen molar-refractivity contribution in [2.45, 2.75) is 32.8 Å². The smallest absolute Gasteiger partial charge is 0.347 e. The van der Waals surface area contributed by atoms with Crippen LogP contribution < -0.4 is 9.47 Å². The van der Waals surface area contributed by atoms with Gasteiger partial charge in [-0.05, 0) is 61.1 Å². The molecule has 0 aliphatic carbocycles. The topological polar surface area (TPSA) is 68.7 Å². The Balaban J connectivity index is 1.57. The van der Waals surface area contributed by atoms with Gasteiger partial charge in [0.15, 0.2) is 0 Å². The molecule has 27 heavy (non-hydrogen) atoms. The van der Waals surface area contributed by atoms with E-state index in [2.05, 4.69) is 24.0 Å². The zero-order valence-corrected chi connectivity index (χ0v) is 15.9. The first-order chi connectivity index (χ1) is 13.0. The summed E-state index contributed by atoms with van der Waals surface area (Å²) in [7, 11) is 0. The van der Waals surface area contributed by atoms with E-state index in [0.29, 0.717) is 10.9 Å². The van der Waals surface area contributed by atoms with Gasteiger partial charge in [0.2, 0.25) is 0 Å². The van der Waals surface area contributed by atoms with Gasteiger partial charge in [-0.1, -0.05) is 35.6 Å². The van der Waals surface area contributed by atoms with E-state index in [1.165, 1.54) is 17.3 Å². The Morgan fingerprint density at radius 2 is 2.07 bits per heavy atom. The summed E-state index contributed by atoms with van der Waals surface area (Å²) >= 11 is 1.02. The number of thiazole rings is 1. The molecule has 1 atom stereocenters. The van der Waals surface area contributed by atoms with Crippen LogP contribution in [-0.2, 0) is 6.42 Å². The van der Waals surface area contributed by atoms with Crippen LogP contribution in [0.5, 0.6) is 16.7 Å². The lowest BCUT2D eigenvalue weighted by Crippen LogP contribution is -2.16. The summed E-state index contributed by atoms with van der Waals surface area (Å²) in [5.74, 6) is 0.558. The number of carboxylic acid groups (broad SMARTS) is 1. The van der Waals surface area contributed by atoms with E-state index in [0.717, 1.165) is 41.1 Å². The van der Waals surface area contributed by atoms with Crippen molar-refractivity contribution >= 4 is 17.3 Å². The van der Waals surface area contributed by atoms with Crippen LogP contribution in [0.3, 0.4) is 0 Å². The molecule has 3 aromatic rings. The summed E-state index contributed by atoms with van der Waals surface area (Å²) in [6, 6.07) is 12.3. The Morgan fingerprint density at radius 3 is 2.81 bits per heavy atom. The van der Waals surface area contributed by atoms with Gasteiger partial charge in [-0.25, -0.2) is 9.78 Å². The van der Waals surface area contributed by atoms with Crippen LogP contribution in [-0.4, -0.2) is 16.1 Å². The van der Waals surface area contributed by atoms with Crippen molar-refractivity contribution in [2.24, 2.45) is 0 Å². The van der Waals surface area contributed by atoms with Gasteiger partial charge in [0.25, 0.3) is 5.19 Å². The first kappa shape index (κ1) is 17.5. The maximum Gasteiger partial charge on any atom is 0.347 e. The van der Waals surface area contributed by atoms with E-state index in [1.54, 1.807) is 0 Å². The first-order valence-electron chi connectivity index (χ1n) is 8.74. The van der Waals surface area contributed by atoms with Crippen LogP contribution in [0.4, 0.5) is 0 Å². The fraction of sp³-hybridized carbons (Fsp3) is 0.238. The molecule has 5 nitrogen and oxygen atoms in total. The molecule has 0 amide bonds. The highest BCUT2D eigenvalue weighted by Crippen LogP contribution is 2.40. The fourth-order valence-corrected chi connectivity index (χ4v) is 3.90. The highest BCUT2D eigenvalue weighted by atomic mass is 32.1. The van der Waals surface area contributed by atoms with Crippen LogP contribution in [0.25, 0.3) is 0 Å². The van der Waals surface area contributed by atoms with E-state index >= 15 is 0 Å². The van der Waals surface area contributed by atoms with Crippen molar-refractivity contribution in [1.29, 1.82) is 0 Å². The molecule has 1 aromatic heterocycles. The fourth-order valence-electron chi connectivity index (χ4n) is 3.28. The number of ether oxygens (including phenoxy) is 2. The molecule has 0 bridgehead atoms. The number of rotatable bonds is 4. The Hall–Kier alpha value is -2.86. The lowest BCUT2D eigenvalue weighted by molar-refractivity contribution is 0.0702. The van der Waals surface area contributed by atoms with E-state index in [4.69, 9.17) is 14.6 Å². The lowest BCUT2D eigenvalue weighted by Gasteiger charge is -2.28. The minimum atomic E-state index is -1.000. The number of aromatic carboxylic acids is 1. The van der Waals surface area contributed by atoms with Crippen LogP contribution >= 0.6 is 11.3 Å². The normalized spacial score (nSPS) is 15.7. The second-order valence-corrected chi connectivity index (χ2v) is 7.62. The molecule has 0 radical (unpaired) electrons. The third-order valence-corrected chi connectivity index (χ3v) is 5.59. The second kappa shape index (κ2) is 7.04. The first-order valence-corrected chi connectivity index (χ1v) is 9.55. The average molecular weight is 381 g/mol. The van der Waals surface area contributed by atoms with Gasteiger partial charge in [-0.15, -0.1) is 0 Å². The third-order valence-electron chi connectivity index (χ3n) is 4.73. The molecule has 1 unspecified atom stereocenters. The summed E-state index contributed by atoms with van der Waals surface area (Å²) in [4.78, 5) is 15.2. The van der Waals surface area contributed by atoms with Gasteiger partial charge < -0.3 is 14.6 Å². The van der Waals surface area contributed by atoms with Gasteiger partial charge in [0.05, 0.1) is 6.20 Å². The summed E-state index contributed by atoms with van der Waals surface area (Å²) in [6.45, 7) is 4.05. The van der Waals surface area contributed by atoms with Crippen LogP contribution in [0.15, 0.2) is 42.6 Å². The zero-order chi connectivity index (χ0) is 19.0. The van der Waals surface area contributed by atoms with Crippen LogP contribution in [0.2, 0.25) is 0 Å². The monoisotopic (exact) mass is 381 g/mol. The maximum absolute atomic E-state index is 11.0. The number of hydrogen-bond donors (Lipinski definition) is 1. The van der Waals surface area contributed by atoms with Gasteiger partial charge >= 0.3 is 5.97 Å². The summed E-state index contributed by atoms with van der Waals surface area (Å²) in [6.07, 6.45) is 3.16. The predicted octanol–water partition coefficient (Wildman–Crippen LogP) is 5.32. The van der Waals surface area contributed by atoms with Gasteiger partial charge in [-0.2, -0.15) is 0 Å². The van der Waals surface area contributed by atoms with Crippen molar-refractivity contribution in [3.05, 3.63) is 69.7 Å². The molecule has 6 heteroatoms. The summed E-state index contributed by atoms with van der Waals surface area (Å²) < 4.78 is 12.1. The van der Waals surface area contributed by atoms with Crippen molar-refractivity contribution in [1.82, 2.24) is 4.98 Å². The molecule has 2 heterocycles. The number of aryl methyl sites for hydroxylation is 3. The Kier molecular flexibility index (Phi) is 4.58. The number of aromatic nitrogens is 1. The molecule has 4 rings (SSSR count). The van der Waals surface area contributed by atoms with Crippen LogP contribution in [0.1, 0.15) is 44.5 Å². The Morgan fingerprint density at radius 1 is 1.26 bits per heavy atom. The lowest BCUT2D eigenvalue weighted by atomic mass is 9.94. The largest absolute Gasteiger partial charge is 0.485 e. The molecule has 1 aliphatic rings. The quantitative estimate of drug-likeness (QED) is 0.663. The number of hydrogen-bond acceptors (Lipinski definition) is 5. The third kappa shape index (κ3) is 3.53. The number of carboxylic acids is 1. The predicted molar refractivity (Wildman–Crippen MR) is 103 cm³/mol. The second-order valence-electron chi connectivity index (χ2n) is 6.62. The number of fused-ring (bicyclic) bond motifs is 1. The van der Waals surface area contributed by atoms with E-state index in [9.17, 15) is 4.79 Å².